The second-order valence-corrected chi connectivity index (χ2v) is 6.69. The smallest absolute Gasteiger partial charge is 0.267 e. The van der Waals surface area contributed by atoms with E-state index in [9.17, 15) is 4.79 Å². The highest BCUT2D eigenvalue weighted by molar-refractivity contribution is 7.21. The Morgan fingerprint density at radius 1 is 0.913 bits per heavy atom. The van der Waals surface area contributed by atoms with Crippen LogP contribution in [-0.2, 0) is 0 Å². The van der Waals surface area contributed by atoms with Crippen molar-refractivity contribution in [2.75, 3.05) is 5.32 Å². The molecule has 1 amide bonds. The SMILES string of the molecule is O=C(Nc1ccc2ccccc2c1)c1sc2ccccc2c1Cl. The molecule has 3 aromatic carbocycles. The lowest BCUT2D eigenvalue weighted by Gasteiger charge is -2.05. The molecule has 0 aliphatic carbocycles. The van der Waals surface area contributed by atoms with E-state index in [0.717, 1.165) is 26.5 Å². The Bertz CT molecular complexity index is 1040. The molecule has 0 fully saturated rings. The topological polar surface area (TPSA) is 29.1 Å². The van der Waals surface area contributed by atoms with Gasteiger partial charge >= 0.3 is 0 Å². The van der Waals surface area contributed by atoms with Gasteiger partial charge in [-0.25, -0.2) is 0 Å². The number of carbonyl (C=O) groups is 1. The van der Waals surface area contributed by atoms with Crippen LogP contribution < -0.4 is 5.32 Å². The van der Waals surface area contributed by atoms with Crippen molar-refractivity contribution >= 4 is 55.4 Å². The van der Waals surface area contributed by atoms with Gasteiger partial charge in [0.15, 0.2) is 0 Å². The van der Waals surface area contributed by atoms with Crippen molar-refractivity contribution in [1.82, 2.24) is 0 Å². The highest BCUT2D eigenvalue weighted by Gasteiger charge is 2.17. The molecule has 1 heterocycles. The van der Waals surface area contributed by atoms with E-state index in [1.807, 2.05) is 66.7 Å². The minimum absolute atomic E-state index is 0.175. The van der Waals surface area contributed by atoms with Crippen LogP contribution >= 0.6 is 22.9 Å². The molecule has 0 aliphatic heterocycles. The van der Waals surface area contributed by atoms with Gasteiger partial charge in [0.1, 0.15) is 4.88 Å². The van der Waals surface area contributed by atoms with E-state index in [1.54, 1.807) is 0 Å². The standard InChI is InChI=1S/C19H12ClNOS/c20-17-15-7-3-4-8-16(15)23-18(17)19(22)21-14-10-9-12-5-1-2-6-13(12)11-14/h1-11H,(H,21,22). The van der Waals surface area contributed by atoms with Crippen molar-refractivity contribution < 1.29 is 4.79 Å². The molecule has 0 unspecified atom stereocenters. The first-order chi connectivity index (χ1) is 11.2. The highest BCUT2D eigenvalue weighted by atomic mass is 35.5. The summed E-state index contributed by atoms with van der Waals surface area (Å²) in [4.78, 5) is 13.1. The van der Waals surface area contributed by atoms with Crippen molar-refractivity contribution in [3.63, 3.8) is 0 Å². The maximum atomic E-state index is 12.6. The number of amides is 1. The lowest BCUT2D eigenvalue weighted by atomic mass is 10.1. The number of halogens is 1. The zero-order valence-electron chi connectivity index (χ0n) is 12.0. The zero-order chi connectivity index (χ0) is 15.8. The Morgan fingerprint density at radius 2 is 1.65 bits per heavy atom. The van der Waals surface area contributed by atoms with Crippen LogP contribution in [0.25, 0.3) is 20.9 Å². The van der Waals surface area contributed by atoms with Crippen LogP contribution in [0.2, 0.25) is 5.02 Å². The normalized spacial score (nSPS) is 11.0. The fraction of sp³-hybridized carbons (Fsp3) is 0. The Kier molecular flexibility index (Phi) is 3.52. The summed E-state index contributed by atoms with van der Waals surface area (Å²) >= 11 is 7.77. The van der Waals surface area contributed by atoms with Crippen LogP contribution in [-0.4, -0.2) is 5.91 Å². The molecule has 4 rings (SSSR count). The van der Waals surface area contributed by atoms with E-state index in [1.165, 1.54) is 11.3 Å². The predicted molar refractivity (Wildman–Crippen MR) is 98.7 cm³/mol. The van der Waals surface area contributed by atoms with Gasteiger partial charge in [0, 0.05) is 15.8 Å². The van der Waals surface area contributed by atoms with Gasteiger partial charge in [-0.2, -0.15) is 0 Å². The van der Waals surface area contributed by atoms with Gasteiger partial charge in [-0.3, -0.25) is 4.79 Å². The number of hydrogen-bond acceptors (Lipinski definition) is 2. The van der Waals surface area contributed by atoms with Crippen LogP contribution in [0.1, 0.15) is 9.67 Å². The van der Waals surface area contributed by atoms with Crippen LogP contribution in [0.15, 0.2) is 66.7 Å². The number of nitrogens with one attached hydrogen (secondary N) is 1. The predicted octanol–water partition coefficient (Wildman–Crippen LogP) is 5.96. The number of benzene rings is 3. The Hall–Kier alpha value is -2.36. The van der Waals surface area contributed by atoms with Crippen molar-refractivity contribution in [2.45, 2.75) is 0 Å². The van der Waals surface area contributed by atoms with Gasteiger partial charge < -0.3 is 5.32 Å². The third kappa shape index (κ3) is 2.58. The number of carbonyl (C=O) groups excluding carboxylic acids is 1. The maximum Gasteiger partial charge on any atom is 0.267 e. The second kappa shape index (κ2) is 5.69. The van der Waals surface area contributed by atoms with E-state index >= 15 is 0 Å². The van der Waals surface area contributed by atoms with Gasteiger partial charge in [-0.15, -0.1) is 11.3 Å². The summed E-state index contributed by atoms with van der Waals surface area (Å²) in [5.74, 6) is -0.175. The molecule has 2 nitrogen and oxygen atoms in total. The molecule has 0 saturated heterocycles. The molecular weight excluding hydrogens is 326 g/mol. The Labute approximate surface area is 142 Å². The number of fused-ring (bicyclic) bond motifs is 2. The fourth-order valence-corrected chi connectivity index (χ4v) is 4.03. The highest BCUT2D eigenvalue weighted by Crippen LogP contribution is 2.35. The summed E-state index contributed by atoms with van der Waals surface area (Å²) in [5.41, 5.74) is 0.766. The van der Waals surface area contributed by atoms with Crippen LogP contribution in [0.3, 0.4) is 0 Å². The van der Waals surface area contributed by atoms with E-state index in [-0.39, 0.29) is 5.91 Å². The van der Waals surface area contributed by atoms with Crippen molar-refractivity contribution in [1.29, 1.82) is 0 Å². The summed E-state index contributed by atoms with van der Waals surface area (Å²) < 4.78 is 1.01. The van der Waals surface area contributed by atoms with Crippen LogP contribution in [0.4, 0.5) is 5.69 Å². The minimum Gasteiger partial charge on any atom is -0.321 e. The summed E-state index contributed by atoms with van der Waals surface area (Å²) in [5, 5.41) is 6.61. The molecule has 23 heavy (non-hydrogen) atoms. The fourth-order valence-electron chi connectivity index (χ4n) is 2.62. The third-order valence-electron chi connectivity index (χ3n) is 3.75. The molecule has 0 radical (unpaired) electrons. The first-order valence-electron chi connectivity index (χ1n) is 7.19. The van der Waals surface area contributed by atoms with Crippen LogP contribution in [0.5, 0.6) is 0 Å². The molecular formula is C19H12ClNOS. The maximum absolute atomic E-state index is 12.6. The van der Waals surface area contributed by atoms with Gasteiger partial charge in [0.25, 0.3) is 5.91 Å². The molecule has 4 heteroatoms. The van der Waals surface area contributed by atoms with E-state index in [0.29, 0.717) is 9.90 Å². The summed E-state index contributed by atoms with van der Waals surface area (Å²) in [7, 11) is 0. The molecule has 0 atom stereocenters. The number of hydrogen-bond donors (Lipinski definition) is 1. The molecule has 1 N–H and O–H groups in total. The molecule has 0 saturated carbocycles. The monoisotopic (exact) mass is 337 g/mol. The van der Waals surface area contributed by atoms with E-state index in [2.05, 4.69) is 5.32 Å². The number of thiophene rings is 1. The first-order valence-corrected chi connectivity index (χ1v) is 8.39. The molecule has 4 aromatic rings. The van der Waals surface area contributed by atoms with Crippen LogP contribution in [0, 0.1) is 0 Å². The van der Waals surface area contributed by atoms with Crippen molar-refractivity contribution in [3.05, 3.63) is 76.6 Å². The average molecular weight is 338 g/mol. The summed E-state index contributed by atoms with van der Waals surface area (Å²) in [6.45, 7) is 0. The van der Waals surface area contributed by atoms with Gasteiger partial charge in [0.2, 0.25) is 0 Å². The van der Waals surface area contributed by atoms with Gasteiger partial charge in [0.05, 0.1) is 5.02 Å². The Balaban J connectivity index is 1.69. The lowest BCUT2D eigenvalue weighted by Crippen LogP contribution is -2.10. The summed E-state index contributed by atoms with van der Waals surface area (Å²) in [6.07, 6.45) is 0. The zero-order valence-corrected chi connectivity index (χ0v) is 13.6. The molecule has 0 spiro atoms. The third-order valence-corrected chi connectivity index (χ3v) is 5.42. The van der Waals surface area contributed by atoms with Gasteiger partial charge in [-0.1, -0.05) is 60.1 Å². The number of anilines is 1. The largest absolute Gasteiger partial charge is 0.321 e. The molecule has 112 valence electrons. The van der Waals surface area contributed by atoms with Crippen molar-refractivity contribution in [2.24, 2.45) is 0 Å². The molecule has 0 aliphatic rings. The molecule has 1 aromatic heterocycles. The second-order valence-electron chi connectivity index (χ2n) is 5.26. The van der Waals surface area contributed by atoms with E-state index in [4.69, 9.17) is 11.6 Å². The van der Waals surface area contributed by atoms with Gasteiger partial charge in [-0.05, 0) is 29.0 Å². The minimum atomic E-state index is -0.175. The van der Waals surface area contributed by atoms with Crippen molar-refractivity contribution in [3.8, 4) is 0 Å². The Morgan fingerprint density at radius 3 is 2.48 bits per heavy atom. The lowest BCUT2D eigenvalue weighted by molar-refractivity contribution is 0.103. The average Bonchev–Trinajstić information content (AvgIpc) is 2.92. The summed E-state index contributed by atoms with van der Waals surface area (Å²) in [6, 6.07) is 21.7. The number of rotatable bonds is 2. The quantitative estimate of drug-likeness (QED) is 0.480. The molecule has 0 bridgehead atoms. The van der Waals surface area contributed by atoms with E-state index < -0.39 is 0 Å². The first kappa shape index (κ1) is 14.2.